The lowest BCUT2D eigenvalue weighted by Gasteiger charge is -2.21. The Hall–Kier alpha value is -1.35. The molecule has 3 nitrogen and oxygen atoms in total. The fraction of sp³-hybridized carbons (Fsp3) is 0.611. The Labute approximate surface area is 128 Å². The standard InChI is InChI=1S/C18H28N2O/c1-12(2)14-7-9-15(10-8-14)13(3)20-18(21)17-6-4-5-16(17)11-19/h7-10,12-13,16-17H,4-6,11,19H2,1-3H3,(H,20,21)/t13?,16-,17-/m1/s1. The number of rotatable bonds is 5. The summed E-state index contributed by atoms with van der Waals surface area (Å²) in [5, 5.41) is 3.16. The van der Waals surface area contributed by atoms with E-state index in [0.29, 0.717) is 18.4 Å². The van der Waals surface area contributed by atoms with Gasteiger partial charge in [-0.1, -0.05) is 44.5 Å². The lowest BCUT2D eigenvalue weighted by atomic mass is 9.94. The lowest BCUT2D eigenvalue weighted by molar-refractivity contribution is -0.126. The first kappa shape index (κ1) is 16.0. The SMILES string of the molecule is CC(C)c1ccc(C(C)NC(=O)[C@@H]2CCC[C@@H]2CN)cc1. The third-order valence-corrected chi connectivity index (χ3v) is 4.76. The molecule has 1 unspecified atom stereocenters. The molecule has 0 radical (unpaired) electrons. The van der Waals surface area contributed by atoms with E-state index in [4.69, 9.17) is 5.73 Å². The molecule has 3 N–H and O–H groups in total. The number of amides is 1. The number of hydrogen-bond donors (Lipinski definition) is 2. The third kappa shape index (κ3) is 3.85. The smallest absolute Gasteiger partial charge is 0.223 e. The van der Waals surface area contributed by atoms with E-state index < -0.39 is 0 Å². The van der Waals surface area contributed by atoms with Gasteiger partial charge in [0.25, 0.3) is 0 Å². The summed E-state index contributed by atoms with van der Waals surface area (Å²) in [7, 11) is 0. The minimum absolute atomic E-state index is 0.0535. The van der Waals surface area contributed by atoms with Crippen molar-refractivity contribution in [1.82, 2.24) is 5.32 Å². The van der Waals surface area contributed by atoms with Gasteiger partial charge in [0.15, 0.2) is 0 Å². The van der Waals surface area contributed by atoms with Crippen molar-refractivity contribution in [3.63, 3.8) is 0 Å². The van der Waals surface area contributed by atoms with Crippen LogP contribution in [0.5, 0.6) is 0 Å². The molecule has 3 heteroatoms. The molecule has 1 amide bonds. The molecule has 1 aliphatic carbocycles. The van der Waals surface area contributed by atoms with Crippen molar-refractivity contribution >= 4 is 5.91 Å². The van der Waals surface area contributed by atoms with E-state index in [1.807, 2.05) is 0 Å². The van der Waals surface area contributed by atoms with Gasteiger partial charge in [-0.25, -0.2) is 0 Å². The highest BCUT2D eigenvalue weighted by Gasteiger charge is 2.32. The van der Waals surface area contributed by atoms with Crippen molar-refractivity contribution in [1.29, 1.82) is 0 Å². The summed E-state index contributed by atoms with van der Waals surface area (Å²) in [5.41, 5.74) is 8.26. The summed E-state index contributed by atoms with van der Waals surface area (Å²) >= 11 is 0. The van der Waals surface area contributed by atoms with Crippen LogP contribution in [0.15, 0.2) is 24.3 Å². The zero-order valence-corrected chi connectivity index (χ0v) is 13.4. The van der Waals surface area contributed by atoms with Crippen LogP contribution in [0.3, 0.4) is 0 Å². The number of nitrogens with two attached hydrogens (primary N) is 1. The van der Waals surface area contributed by atoms with Crippen LogP contribution in [0, 0.1) is 11.8 Å². The second-order valence-corrected chi connectivity index (χ2v) is 6.58. The van der Waals surface area contributed by atoms with Crippen LogP contribution in [0.4, 0.5) is 0 Å². The lowest BCUT2D eigenvalue weighted by Crippen LogP contribution is -2.36. The third-order valence-electron chi connectivity index (χ3n) is 4.76. The van der Waals surface area contributed by atoms with Crippen molar-refractivity contribution in [3.05, 3.63) is 35.4 Å². The van der Waals surface area contributed by atoms with Crippen LogP contribution in [-0.2, 0) is 4.79 Å². The zero-order chi connectivity index (χ0) is 15.4. The normalized spacial score (nSPS) is 23.3. The van der Waals surface area contributed by atoms with Gasteiger partial charge < -0.3 is 11.1 Å². The van der Waals surface area contributed by atoms with Gasteiger partial charge in [-0.05, 0) is 49.3 Å². The summed E-state index contributed by atoms with van der Waals surface area (Å²) in [5.74, 6) is 1.17. The summed E-state index contributed by atoms with van der Waals surface area (Å²) in [6.45, 7) is 7.05. The van der Waals surface area contributed by atoms with Gasteiger partial charge >= 0.3 is 0 Å². The Morgan fingerprint density at radius 3 is 2.38 bits per heavy atom. The highest BCUT2D eigenvalue weighted by atomic mass is 16.2. The van der Waals surface area contributed by atoms with Crippen LogP contribution < -0.4 is 11.1 Å². The van der Waals surface area contributed by atoms with Crippen molar-refractivity contribution < 1.29 is 4.79 Å². The topological polar surface area (TPSA) is 55.1 Å². The molecule has 21 heavy (non-hydrogen) atoms. The van der Waals surface area contributed by atoms with Gasteiger partial charge in [0, 0.05) is 5.92 Å². The molecule has 1 fully saturated rings. The molecule has 1 aliphatic rings. The Balaban J connectivity index is 1.97. The molecule has 1 saturated carbocycles. The predicted octanol–water partition coefficient (Wildman–Crippen LogP) is 3.36. The van der Waals surface area contributed by atoms with Gasteiger partial charge in [-0.3, -0.25) is 4.79 Å². The summed E-state index contributed by atoms with van der Waals surface area (Å²) in [6, 6.07) is 8.60. The average Bonchev–Trinajstić information content (AvgIpc) is 2.95. The van der Waals surface area contributed by atoms with E-state index in [1.54, 1.807) is 0 Å². The van der Waals surface area contributed by atoms with E-state index in [0.717, 1.165) is 24.8 Å². The highest BCUT2D eigenvalue weighted by Crippen LogP contribution is 2.31. The number of carbonyl (C=O) groups excluding carboxylic acids is 1. The molecule has 0 saturated heterocycles. The van der Waals surface area contributed by atoms with Crippen molar-refractivity contribution in [2.75, 3.05) is 6.54 Å². The molecule has 2 rings (SSSR count). The second-order valence-electron chi connectivity index (χ2n) is 6.58. The molecule has 0 aliphatic heterocycles. The molecule has 0 heterocycles. The van der Waals surface area contributed by atoms with Crippen LogP contribution in [-0.4, -0.2) is 12.5 Å². The van der Waals surface area contributed by atoms with Crippen molar-refractivity contribution in [2.45, 2.75) is 52.0 Å². The largest absolute Gasteiger partial charge is 0.349 e. The maximum Gasteiger partial charge on any atom is 0.223 e. The Bertz CT molecular complexity index is 467. The minimum Gasteiger partial charge on any atom is -0.349 e. The Morgan fingerprint density at radius 2 is 1.81 bits per heavy atom. The molecule has 3 atom stereocenters. The molecular weight excluding hydrogens is 260 g/mol. The van der Waals surface area contributed by atoms with Crippen LogP contribution in [0.25, 0.3) is 0 Å². The molecule has 0 spiro atoms. The number of hydrogen-bond acceptors (Lipinski definition) is 2. The molecule has 116 valence electrons. The predicted molar refractivity (Wildman–Crippen MR) is 87.0 cm³/mol. The molecule has 1 aromatic carbocycles. The molecule has 0 bridgehead atoms. The second kappa shape index (κ2) is 7.08. The van der Waals surface area contributed by atoms with E-state index in [2.05, 4.69) is 50.4 Å². The summed E-state index contributed by atoms with van der Waals surface area (Å²) in [4.78, 5) is 12.4. The van der Waals surface area contributed by atoms with E-state index in [-0.39, 0.29) is 17.9 Å². The van der Waals surface area contributed by atoms with Crippen LogP contribution >= 0.6 is 0 Å². The van der Waals surface area contributed by atoms with Crippen molar-refractivity contribution in [3.8, 4) is 0 Å². The summed E-state index contributed by atoms with van der Waals surface area (Å²) < 4.78 is 0. The van der Waals surface area contributed by atoms with E-state index in [9.17, 15) is 4.79 Å². The monoisotopic (exact) mass is 288 g/mol. The van der Waals surface area contributed by atoms with E-state index >= 15 is 0 Å². The molecule has 1 aromatic rings. The van der Waals surface area contributed by atoms with Crippen LogP contribution in [0.1, 0.15) is 63.1 Å². The average molecular weight is 288 g/mol. The van der Waals surface area contributed by atoms with Gasteiger partial charge in [-0.15, -0.1) is 0 Å². The first-order valence-electron chi connectivity index (χ1n) is 8.13. The Kier molecular flexibility index (Phi) is 5.40. The zero-order valence-electron chi connectivity index (χ0n) is 13.4. The van der Waals surface area contributed by atoms with Gasteiger partial charge in [0.1, 0.15) is 0 Å². The van der Waals surface area contributed by atoms with E-state index in [1.165, 1.54) is 5.56 Å². The minimum atomic E-state index is 0.0535. The van der Waals surface area contributed by atoms with Gasteiger partial charge in [-0.2, -0.15) is 0 Å². The first-order chi connectivity index (χ1) is 10.0. The fourth-order valence-electron chi connectivity index (χ4n) is 3.24. The molecule has 0 aromatic heterocycles. The number of benzene rings is 1. The van der Waals surface area contributed by atoms with Gasteiger partial charge in [0.2, 0.25) is 5.91 Å². The summed E-state index contributed by atoms with van der Waals surface area (Å²) in [6.07, 6.45) is 3.19. The number of carbonyl (C=O) groups is 1. The van der Waals surface area contributed by atoms with Gasteiger partial charge in [0.05, 0.1) is 6.04 Å². The van der Waals surface area contributed by atoms with Crippen molar-refractivity contribution in [2.24, 2.45) is 17.6 Å². The van der Waals surface area contributed by atoms with Crippen LogP contribution in [0.2, 0.25) is 0 Å². The Morgan fingerprint density at radius 1 is 1.19 bits per heavy atom. The molecular formula is C18H28N2O. The maximum atomic E-state index is 12.4. The number of nitrogens with one attached hydrogen (secondary N) is 1. The quantitative estimate of drug-likeness (QED) is 0.873. The highest BCUT2D eigenvalue weighted by molar-refractivity contribution is 5.79. The fourth-order valence-corrected chi connectivity index (χ4v) is 3.24. The maximum absolute atomic E-state index is 12.4. The first-order valence-corrected chi connectivity index (χ1v) is 8.13.